The largest absolute Gasteiger partial charge is 0.458 e. The molecule has 1 aliphatic heterocycles. The number of carbonyl (C=O) groups excluding carboxylic acids is 2. The Hall–Kier alpha value is -1.32. The highest BCUT2D eigenvalue weighted by Crippen LogP contribution is 2.52. The third-order valence-electron chi connectivity index (χ3n) is 4.13. The summed E-state index contributed by atoms with van der Waals surface area (Å²) >= 11 is 0. The van der Waals surface area contributed by atoms with E-state index in [9.17, 15) is 9.59 Å². The van der Waals surface area contributed by atoms with Crippen LogP contribution in [-0.2, 0) is 19.1 Å². The fourth-order valence-electron chi connectivity index (χ4n) is 3.42. The van der Waals surface area contributed by atoms with Crippen molar-refractivity contribution < 1.29 is 19.1 Å². The summed E-state index contributed by atoms with van der Waals surface area (Å²) in [5, 5.41) is 0. The van der Waals surface area contributed by atoms with Gasteiger partial charge in [-0.1, -0.05) is 6.58 Å². The Kier molecular flexibility index (Phi) is 2.06. The van der Waals surface area contributed by atoms with Crippen LogP contribution in [0.3, 0.4) is 0 Å². The van der Waals surface area contributed by atoms with E-state index in [0.29, 0.717) is 0 Å². The van der Waals surface area contributed by atoms with E-state index in [4.69, 9.17) is 9.47 Å². The Morgan fingerprint density at radius 2 is 2.31 bits per heavy atom. The molecule has 4 bridgehead atoms. The van der Waals surface area contributed by atoms with Gasteiger partial charge < -0.3 is 9.47 Å². The molecular weight excluding hydrogens is 208 g/mol. The topological polar surface area (TPSA) is 52.6 Å². The minimum absolute atomic E-state index is 0.0578. The molecule has 1 saturated heterocycles. The highest BCUT2D eigenvalue weighted by molar-refractivity contribution is 5.81. The molecule has 5 unspecified atom stereocenters. The van der Waals surface area contributed by atoms with Crippen LogP contribution in [0, 0.1) is 17.8 Å². The smallest absolute Gasteiger partial charge is 0.330 e. The Morgan fingerprint density at radius 1 is 1.50 bits per heavy atom. The van der Waals surface area contributed by atoms with Crippen molar-refractivity contribution in [3.05, 3.63) is 12.7 Å². The van der Waals surface area contributed by atoms with Crippen LogP contribution in [0.5, 0.6) is 0 Å². The van der Waals surface area contributed by atoms with Crippen LogP contribution < -0.4 is 0 Å². The van der Waals surface area contributed by atoms with Gasteiger partial charge in [0.05, 0.1) is 5.92 Å². The van der Waals surface area contributed by atoms with Gasteiger partial charge in [-0.25, -0.2) is 4.79 Å². The first kappa shape index (κ1) is 9.87. The van der Waals surface area contributed by atoms with E-state index in [0.717, 1.165) is 25.3 Å². The predicted molar refractivity (Wildman–Crippen MR) is 54.3 cm³/mol. The zero-order valence-electron chi connectivity index (χ0n) is 8.93. The van der Waals surface area contributed by atoms with Gasteiger partial charge in [-0.2, -0.15) is 0 Å². The molecular formula is C12H14O4. The Labute approximate surface area is 93.6 Å². The second-order valence-corrected chi connectivity index (χ2v) is 4.85. The third-order valence-corrected chi connectivity index (χ3v) is 4.13. The molecule has 0 aromatic carbocycles. The fourth-order valence-corrected chi connectivity index (χ4v) is 3.42. The van der Waals surface area contributed by atoms with Gasteiger partial charge in [0.25, 0.3) is 0 Å². The van der Waals surface area contributed by atoms with Crippen molar-refractivity contribution >= 4 is 11.9 Å². The summed E-state index contributed by atoms with van der Waals surface area (Å²) in [6.45, 7) is 3.38. The maximum Gasteiger partial charge on any atom is 0.330 e. The van der Waals surface area contributed by atoms with Crippen LogP contribution >= 0.6 is 0 Å². The molecule has 0 aromatic rings. The number of carbonyl (C=O) groups is 2. The third kappa shape index (κ3) is 1.22. The second kappa shape index (κ2) is 3.34. The average molecular weight is 222 g/mol. The number of esters is 2. The second-order valence-electron chi connectivity index (χ2n) is 4.85. The lowest BCUT2D eigenvalue weighted by Crippen LogP contribution is -2.50. The Balaban J connectivity index is 1.83. The molecule has 4 aliphatic rings. The lowest BCUT2D eigenvalue weighted by molar-refractivity contribution is -0.167. The summed E-state index contributed by atoms with van der Waals surface area (Å²) in [6, 6.07) is 0. The molecule has 0 amide bonds. The summed E-state index contributed by atoms with van der Waals surface area (Å²) in [6.07, 6.45) is 3.59. The minimum Gasteiger partial charge on any atom is -0.458 e. The van der Waals surface area contributed by atoms with E-state index in [1.165, 1.54) is 0 Å². The van der Waals surface area contributed by atoms with Crippen molar-refractivity contribution in [1.82, 2.24) is 0 Å². The first-order valence-electron chi connectivity index (χ1n) is 5.74. The van der Waals surface area contributed by atoms with E-state index >= 15 is 0 Å². The standard InChI is InChI=1S/C12H14O4/c1-2-9(13)15-10-6-3-4-7-8(5-6)12(14)16-11(7)10/h2,6-8,10-11H,1,3-5H2. The number of hydrogen-bond donors (Lipinski definition) is 0. The highest BCUT2D eigenvalue weighted by Gasteiger charge is 2.59. The first-order valence-corrected chi connectivity index (χ1v) is 5.74. The lowest BCUT2D eigenvalue weighted by atomic mass is 9.63. The molecule has 4 fully saturated rings. The van der Waals surface area contributed by atoms with E-state index in [-0.39, 0.29) is 35.9 Å². The molecule has 4 nitrogen and oxygen atoms in total. The van der Waals surface area contributed by atoms with Crippen molar-refractivity contribution in [2.24, 2.45) is 17.8 Å². The van der Waals surface area contributed by atoms with Gasteiger partial charge in [0.15, 0.2) is 0 Å². The molecule has 3 aliphatic carbocycles. The first-order chi connectivity index (χ1) is 7.70. The molecule has 3 saturated carbocycles. The molecule has 0 spiro atoms. The summed E-state index contributed by atoms with van der Waals surface area (Å²) in [5.74, 6) is 0.0896. The van der Waals surface area contributed by atoms with Crippen LogP contribution in [0.4, 0.5) is 0 Å². The van der Waals surface area contributed by atoms with E-state index in [1.807, 2.05) is 0 Å². The zero-order valence-corrected chi connectivity index (χ0v) is 8.93. The summed E-state index contributed by atoms with van der Waals surface area (Å²) in [4.78, 5) is 22.8. The highest BCUT2D eigenvalue weighted by atomic mass is 16.6. The Bertz CT molecular complexity index is 362. The number of hydrogen-bond acceptors (Lipinski definition) is 4. The van der Waals surface area contributed by atoms with Gasteiger partial charge in [-0.05, 0) is 19.3 Å². The molecule has 4 rings (SSSR count). The molecule has 0 aromatic heterocycles. The van der Waals surface area contributed by atoms with Crippen LogP contribution in [0.25, 0.3) is 0 Å². The van der Waals surface area contributed by atoms with Crippen molar-refractivity contribution in [2.75, 3.05) is 0 Å². The number of fused-ring (bicyclic) bond motifs is 1. The van der Waals surface area contributed by atoms with E-state index in [2.05, 4.69) is 6.58 Å². The van der Waals surface area contributed by atoms with Crippen molar-refractivity contribution in [3.63, 3.8) is 0 Å². The monoisotopic (exact) mass is 222 g/mol. The summed E-state index contributed by atoms with van der Waals surface area (Å²) in [5.41, 5.74) is 0. The summed E-state index contributed by atoms with van der Waals surface area (Å²) < 4.78 is 10.6. The normalized spacial score (nSPS) is 44.0. The molecule has 0 N–H and O–H groups in total. The predicted octanol–water partition coefficient (Wildman–Crippen LogP) is 1.06. The molecule has 4 heteroatoms. The fraction of sp³-hybridized carbons (Fsp3) is 0.667. The van der Waals surface area contributed by atoms with Gasteiger partial charge >= 0.3 is 11.9 Å². The Morgan fingerprint density at radius 3 is 3.06 bits per heavy atom. The molecule has 86 valence electrons. The number of rotatable bonds is 2. The van der Waals surface area contributed by atoms with Crippen LogP contribution in [0.2, 0.25) is 0 Å². The molecule has 5 atom stereocenters. The minimum atomic E-state index is -0.419. The van der Waals surface area contributed by atoms with Crippen LogP contribution in [-0.4, -0.2) is 24.1 Å². The molecule has 0 radical (unpaired) electrons. The van der Waals surface area contributed by atoms with Crippen molar-refractivity contribution in [1.29, 1.82) is 0 Å². The number of ether oxygens (including phenoxy) is 2. The summed E-state index contributed by atoms with van der Waals surface area (Å²) in [7, 11) is 0. The van der Waals surface area contributed by atoms with Gasteiger partial charge in [-0.15, -0.1) is 0 Å². The SMILES string of the molecule is C=CC(=O)OC1C2CCC3C(C2)C(=O)OC31. The van der Waals surface area contributed by atoms with Crippen LogP contribution in [0.1, 0.15) is 19.3 Å². The lowest BCUT2D eigenvalue weighted by Gasteiger charge is -2.43. The molecule has 1 heterocycles. The van der Waals surface area contributed by atoms with E-state index in [1.54, 1.807) is 0 Å². The average Bonchev–Trinajstić information content (AvgIpc) is 2.58. The van der Waals surface area contributed by atoms with Crippen molar-refractivity contribution in [2.45, 2.75) is 31.5 Å². The quantitative estimate of drug-likeness (QED) is 0.517. The van der Waals surface area contributed by atoms with E-state index < -0.39 is 5.97 Å². The van der Waals surface area contributed by atoms with Gasteiger partial charge in [-0.3, -0.25) is 4.79 Å². The molecule has 16 heavy (non-hydrogen) atoms. The van der Waals surface area contributed by atoms with Crippen LogP contribution in [0.15, 0.2) is 12.7 Å². The van der Waals surface area contributed by atoms with Crippen molar-refractivity contribution in [3.8, 4) is 0 Å². The van der Waals surface area contributed by atoms with Gasteiger partial charge in [0.1, 0.15) is 12.2 Å². The van der Waals surface area contributed by atoms with Gasteiger partial charge in [0.2, 0.25) is 0 Å². The maximum atomic E-state index is 11.6. The zero-order chi connectivity index (χ0) is 11.3. The van der Waals surface area contributed by atoms with Gasteiger partial charge in [0, 0.05) is 17.9 Å². The maximum absolute atomic E-state index is 11.6.